The number of hydrogen-bond acceptors (Lipinski definition) is 3. The van der Waals surface area contributed by atoms with E-state index in [-0.39, 0.29) is 31.0 Å². The molecule has 0 bridgehead atoms. The summed E-state index contributed by atoms with van der Waals surface area (Å²) in [6.45, 7) is 2.57. The molecule has 0 radical (unpaired) electrons. The molecule has 124 valence electrons. The van der Waals surface area contributed by atoms with Crippen LogP contribution in [0.4, 0.5) is 0 Å². The second-order valence-corrected chi connectivity index (χ2v) is 5.91. The minimum atomic E-state index is -0.0865. The van der Waals surface area contributed by atoms with Gasteiger partial charge in [-0.05, 0) is 37.8 Å². The first-order valence-corrected chi connectivity index (χ1v) is 7.88. The maximum absolute atomic E-state index is 12.0. The van der Waals surface area contributed by atoms with Gasteiger partial charge < -0.3 is 15.8 Å². The van der Waals surface area contributed by atoms with Gasteiger partial charge in [0.15, 0.2) is 6.61 Å². The average molecular weight is 327 g/mol. The van der Waals surface area contributed by atoms with Crippen molar-refractivity contribution in [3.8, 4) is 5.75 Å². The minimum absolute atomic E-state index is 0. The Labute approximate surface area is 139 Å². The Hall–Kier alpha value is -1.26. The molecular formula is C17H27ClN2O2. The summed E-state index contributed by atoms with van der Waals surface area (Å²) in [4.78, 5) is 12.0. The van der Waals surface area contributed by atoms with Crippen molar-refractivity contribution < 1.29 is 9.53 Å². The molecule has 1 amide bonds. The molecule has 1 aliphatic rings. The van der Waals surface area contributed by atoms with E-state index in [0.717, 1.165) is 5.75 Å². The highest BCUT2D eigenvalue weighted by atomic mass is 35.5. The van der Waals surface area contributed by atoms with Crippen LogP contribution in [0.25, 0.3) is 0 Å². The lowest BCUT2D eigenvalue weighted by molar-refractivity contribution is -0.124. The molecule has 2 rings (SSSR count). The highest BCUT2D eigenvalue weighted by Gasteiger charge is 2.23. The number of amides is 1. The number of halogens is 1. The Kier molecular flexibility index (Phi) is 8.28. The van der Waals surface area contributed by atoms with E-state index in [1.807, 2.05) is 31.2 Å². The zero-order valence-corrected chi connectivity index (χ0v) is 14.0. The van der Waals surface area contributed by atoms with Crippen molar-refractivity contribution in [2.75, 3.05) is 13.2 Å². The molecule has 1 aromatic carbocycles. The summed E-state index contributed by atoms with van der Waals surface area (Å²) >= 11 is 0. The van der Waals surface area contributed by atoms with E-state index in [1.54, 1.807) is 0 Å². The van der Waals surface area contributed by atoms with Crippen LogP contribution in [0, 0.1) is 12.8 Å². The minimum Gasteiger partial charge on any atom is -0.484 e. The van der Waals surface area contributed by atoms with Crippen molar-refractivity contribution in [2.45, 2.75) is 45.1 Å². The molecule has 3 N–H and O–H groups in total. The number of aryl methyl sites for hydroxylation is 1. The Morgan fingerprint density at radius 3 is 2.50 bits per heavy atom. The molecule has 1 saturated carbocycles. The molecular weight excluding hydrogens is 300 g/mol. The highest BCUT2D eigenvalue weighted by Crippen LogP contribution is 2.26. The van der Waals surface area contributed by atoms with E-state index in [0.29, 0.717) is 12.5 Å². The van der Waals surface area contributed by atoms with Crippen LogP contribution in [0.3, 0.4) is 0 Å². The fourth-order valence-electron chi connectivity index (χ4n) is 2.94. The van der Waals surface area contributed by atoms with E-state index < -0.39 is 0 Å². The maximum Gasteiger partial charge on any atom is 0.258 e. The van der Waals surface area contributed by atoms with Crippen LogP contribution in [0.1, 0.15) is 37.7 Å². The van der Waals surface area contributed by atoms with Crippen molar-refractivity contribution in [1.29, 1.82) is 0 Å². The van der Waals surface area contributed by atoms with Gasteiger partial charge in [0.05, 0.1) is 0 Å². The lowest BCUT2D eigenvalue weighted by Crippen LogP contribution is -2.47. The van der Waals surface area contributed by atoms with Gasteiger partial charge in [-0.25, -0.2) is 0 Å². The first-order valence-electron chi connectivity index (χ1n) is 7.88. The van der Waals surface area contributed by atoms with Crippen LogP contribution in [-0.2, 0) is 4.79 Å². The summed E-state index contributed by atoms with van der Waals surface area (Å²) in [6, 6.07) is 7.78. The van der Waals surface area contributed by atoms with Crippen LogP contribution in [-0.4, -0.2) is 25.1 Å². The molecule has 1 aromatic rings. The highest BCUT2D eigenvalue weighted by molar-refractivity contribution is 5.85. The predicted molar refractivity (Wildman–Crippen MR) is 91.5 cm³/mol. The van der Waals surface area contributed by atoms with Crippen molar-refractivity contribution in [1.82, 2.24) is 5.32 Å². The number of carbonyl (C=O) groups excluding carboxylic acids is 1. The lowest BCUT2D eigenvalue weighted by Gasteiger charge is -2.30. The van der Waals surface area contributed by atoms with Crippen LogP contribution >= 0.6 is 12.4 Å². The van der Waals surface area contributed by atoms with Crippen molar-refractivity contribution >= 4 is 18.3 Å². The number of carbonyl (C=O) groups is 1. The largest absolute Gasteiger partial charge is 0.484 e. The molecule has 1 fully saturated rings. The number of ether oxygens (including phenoxy) is 1. The molecule has 4 nitrogen and oxygen atoms in total. The van der Waals surface area contributed by atoms with Crippen molar-refractivity contribution in [3.63, 3.8) is 0 Å². The number of hydrogen-bond donors (Lipinski definition) is 2. The second-order valence-electron chi connectivity index (χ2n) is 5.91. The van der Waals surface area contributed by atoms with E-state index in [2.05, 4.69) is 5.32 Å². The van der Waals surface area contributed by atoms with Gasteiger partial charge in [-0.1, -0.05) is 37.0 Å². The third kappa shape index (κ3) is 5.85. The first-order chi connectivity index (χ1) is 10.2. The van der Waals surface area contributed by atoms with Crippen LogP contribution in [0.15, 0.2) is 24.3 Å². The molecule has 1 atom stereocenters. The SMILES string of the molecule is Cc1ccc(OCC(=O)NC(CN)C2CCCCC2)cc1.Cl. The topological polar surface area (TPSA) is 64.3 Å². The van der Waals surface area contributed by atoms with Crippen LogP contribution < -0.4 is 15.8 Å². The second kappa shape index (κ2) is 9.70. The summed E-state index contributed by atoms with van der Waals surface area (Å²) < 4.78 is 5.50. The fourth-order valence-corrected chi connectivity index (χ4v) is 2.94. The molecule has 0 aromatic heterocycles. The van der Waals surface area contributed by atoms with E-state index in [1.165, 1.54) is 37.7 Å². The zero-order valence-electron chi connectivity index (χ0n) is 13.2. The Bertz CT molecular complexity index is 444. The van der Waals surface area contributed by atoms with Gasteiger partial charge >= 0.3 is 0 Å². The van der Waals surface area contributed by atoms with Gasteiger partial charge in [-0.15, -0.1) is 12.4 Å². The Morgan fingerprint density at radius 1 is 1.27 bits per heavy atom. The number of rotatable bonds is 6. The Balaban J connectivity index is 0.00000242. The quantitative estimate of drug-likeness (QED) is 0.845. The molecule has 5 heteroatoms. The van der Waals surface area contributed by atoms with Gasteiger partial charge in [0, 0.05) is 12.6 Å². The Morgan fingerprint density at radius 2 is 1.91 bits per heavy atom. The number of nitrogens with two attached hydrogens (primary N) is 1. The smallest absolute Gasteiger partial charge is 0.258 e. The summed E-state index contributed by atoms with van der Waals surface area (Å²) in [5.74, 6) is 1.15. The van der Waals surface area contributed by atoms with Gasteiger partial charge in [0.2, 0.25) is 0 Å². The number of nitrogens with one attached hydrogen (secondary N) is 1. The molecule has 0 saturated heterocycles. The van der Waals surface area contributed by atoms with E-state index >= 15 is 0 Å². The maximum atomic E-state index is 12.0. The monoisotopic (exact) mass is 326 g/mol. The summed E-state index contributed by atoms with van der Waals surface area (Å²) in [5, 5.41) is 3.03. The third-order valence-corrected chi connectivity index (χ3v) is 4.21. The molecule has 1 unspecified atom stereocenters. The van der Waals surface area contributed by atoms with Gasteiger partial charge in [-0.2, -0.15) is 0 Å². The van der Waals surface area contributed by atoms with Crippen molar-refractivity contribution in [3.05, 3.63) is 29.8 Å². The van der Waals surface area contributed by atoms with E-state index in [9.17, 15) is 4.79 Å². The predicted octanol–water partition coefficient (Wildman–Crippen LogP) is 2.82. The molecule has 0 aliphatic heterocycles. The van der Waals surface area contributed by atoms with Crippen LogP contribution in [0.2, 0.25) is 0 Å². The summed E-state index contributed by atoms with van der Waals surface area (Å²) in [7, 11) is 0. The standard InChI is InChI=1S/C17H26N2O2.ClH/c1-13-7-9-15(10-8-13)21-12-17(20)19-16(11-18)14-5-3-2-4-6-14;/h7-10,14,16H,2-6,11-12,18H2,1H3,(H,19,20);1H. The normalized spacial score (nSPS) is 16.5. The van der Waals surface area contributed by atoms with Gasteiger partial charge in [0.1, 0.15) is 5.75 Å². The van der Waals surface area contributed by atoms with Crippen LogP contribution in [0.5, 0.6) is 5.75 Å². The molecule has 22 heavy (non-hydrogen) atoms. The third-order valence-electron chi connectivity index (χ3n) is 4.21. The summed E-state index contributed by atoms with van der Waals surface area (Å²) in [6.07, 6.45) is 6.13. The molecule has 1 aliphatic carbocycles. The van der Waals surface area contributed by atoms with Crippen molar-refractivity contribution in [2.24, 2.45) is 11.7 Å². The summed E-state index contributed by atoms with van der Waals surface area (Å²) in [5.41, 5.74) is 6.99. The van der Waals surface area contributed by atoms with E-state index in [4.69, 9.17) is 10.5 Å². The fraction of sp³-hybridized carbons (Fsp3) is 0.588. The zero-order chi connectivity index (χ0) is 15.1. The van der Waals surface area contributed by atoms with Gasteiger partial charge in [-0.3, -0.25) is 4.79 Å². The van der Waals surface area contributed by atoms with Gasteiger partial charge in [0.25, 0.3) is 5.91 Å². The first kappa shape index (κ1) is 18.8. The lowest BCUT2D eigenvalue weighted by atomic mass is 9.84. The molecule has 0 heterocycles. The number of benzene rings is 1. The molecule has 0 spiro atoms. The average Bonchev–Trinajstić information content (AvgIpc) is 2.53.